The topological polar surface area (TPSA) is 60.2 Å². The Labute approximate surface area is 108 Å². The number of aryl methyl sites for hydroxylation is 1. The lowest BCUT2D eigenvalue weighted by atomic mass is 10.4. The second kappa shape index (κ2) is 7.81. The maximum atomic E-state index is 11.4. The van der Waals surface area contributed by atoms with E-state index >= 15 is 0 Å². The maximum absolute atomic E-state index is 11.4. The van der Waals surface area contributed by atoms with E-state index < -0.39 is 0 Å². The Morgan fingerprint density at radius 1 is 1.44 bits per heavy atom. The number of likely N-dealkylation sites (N-methyl/N-ethyl adjacent to an activating group) is 1. The van der Waals surface area contributed by atoms with Crippen molar-refractivity contribution in [1.29, 1.82) is 0 Å². The van der Waals surface area contributed by atoms with Crippen molar-refractivity contribution in [2.45, 2.75) is 40.3 Å². The molecule has 0 radical (unpaired) electrons. The molecule has 6 nitrogen and oxygen atoms in total. The summed E-state index contributed by atoms with van der Waals surface area (Å²) < 4.78 is 6.83. The van der Waals surface area contributed by atoms with Crippen LogP contribution in [0.4, 0.5) is 0 Å². The summed E-state index contributed by atoms with van der Waals surface area (Å²) in [6.07, 6.45) is 2.57. The van der Waals surface area contributed by atoms with Crippen molar-refractivity contribution in [1.82, 2.24) is 19.7 Å². The molecule has 0 fully saturated rings. The minimum absolute atomic E-state index is 0.194. The summed E-state index contributed by atoms with van der Waals surface area (Å²) in [4.78, 5) is 17.7. The van der Waals surface area contributed by atoms with Gasteiger partial charge in [-0.1, -0.05) is 13.8 Å². The standard InChI is InChI=1S/C12H22N4O2/c1-4-7-16-11(13-10-14-16)8-15(5-2)9-12(17)18-6-3/h10H,4-9H2,1-3H3. The third-order valence-corrected chi connectivity index (χ3v) is 2.60. The van der Waals surface area contributed by atoms with Gasteiger partial charge >= 0.3 is 5.97 Å². The van der Waals surface area contributed by atoms with Gasteiger partial charge in [-0.3, -0.25) is 9.69 Å². The minimum atomic E-state index is -0.194. The molecule has 0 aliphatic carbocycles. The first kappa shape index (κ1) is 14.6. The molecule has 0 amide bonds. The number of nitrogens with zero attached hydrogens (tertiary/aromatic N) is 4. The summed E-state index contributed by atoms with van der Waals surface area (Å²) in [5.74, 6) is 0.698. The zero-order valence-corrected chi connectivity index (χ0v) is 11.4. The fourth-order valence-electron chi connectivity index (χ4n) is 1.68. The summed E-state index contributed by atoms with van der Waals surface area (Å²) in [7, 11) is 0. The third-order valence-electron chi connectivity index (χ3n) is 2.60. The fourth-order valence-corrected chi connectivity index (χ4v) is 1.68. The van der Waals surface area contributed by atoms with Crippen LogP contribution < -0.4 is 0 Å². The second-order valence-electron chi connectivity index (χ2n) is 4.01. The first-order valence-corrected chi connectivity index (χ1v) is 6.45. The highest BCUT2D eigenvalue weighted by Crippen LogP contribution is 2.02. The van der Waals surface area contributed by atoms with E-state index in [1.165, 1.54) is 0 Å². The monoisotopic (exact) mass is 254 g/mol. The van der Waals surface area contributed by atoms with Crippen LogP contribution in [0.5, 0.6) is 0 Å². The molecule has 0 saturated heterocycles. The van der Waals surface area contributed by atoms with Crippen molar-refractivity contribution in [2.24, 2.45) is 0 Å². The second-order valence-corrected chi connectivity index (χ2v) is 4.01. The van der Waals surface area contributed by atoms with Crippen LogP contribution >= 0.6 is 0 Å². The van der Waals surface area contributed by atoms with Crippen molar-refractivity contribution in [3.8, 4) is 0 Å². The zero-order valence-electron chi connectivity index (χ0n) is 11.4. The van der Waals surface area contributed by atoms with E-state index in [1.807, 2.05) is 23.4 Å². The minimum Gasteiger partial charge on any atom is -0.465 e. The number of hydrogen-bond donors (Lipinski definition) is 0. The van der Waals surface area contributed by atoms with Gasteiger partial charge in [-0.2, -0.15) is 5.10 Å². The Morgan fingerprint density at radius 3 is 2.83 bits per heavy atom. The number of ether oxygens (including phenoxy) is 1. The first-order valence-electron chi connectivity index (χ1n) is 6.45. The number of rotatable bonds is 8. The number of carbonyl (C=O) groups excluding carboxylic acids is 1. The van der Waals surface area contributed by atoms with Gasteiger partial charge in [0.15, 0.2) is 0 Å². The van der Waals surface area contributed by atoms with Crippen LogP contribution in [0.3, 0.4) is 0 Å². The summed E-state index contributed by atoms with van der Waals surface area (Å²) in [5.41, 5.74) is 0. The molecule has 6 heteroatoms. The van der Waals surface area contributed by atoms with Gasteiger partial charge < -0.3 is 4.74 Å². The van der Waals surface area contributed by atoms with E-state index in [4.69, 9.17) is 4.74 Å². The van der Waals surface area contributed by atoms with Gasteiger partial charge in [0, 0.05) is 6.54 Å². The first-order chi connectivity index (χ1) is 8.71. The van der Waals surface area contributed by atoms with Gasteiger partial charge in [0.25, 0.3) is 0 Å². The van der Waals surface area contributed by atoms with Gasteiger partial charge in [-0.25, -0.2) is 9.67 Å². The van der Waals surface area contributed by atoms with Crippen LogP contribution in [0.25, 0.3) is 0 Å². The Kier molecular flexibility index (Phi) is 6.35. The molecule has 0 aliphatic heterocycles. The Balaban J connectivity index is 2.56. The van der Waals surface area contributed by atoms with Crippen molar-refractivity contribution in [3.63, 3.8) is 0 Å². The Hall–Kier alpha value is -1.43. The molecule has 18 heavy (non-hydrogen) atoms. The highest BCUT2D eigenvalue weighted by atomic mass is 16.5. The van der Waals surface area contributed by atoms with Crippen LogP contribution in [0.1, 0.15) is 33.0 Å². The van der Waals surface area contributed by atoms with Crippen molar-refractivity contribution < 1.29 is 9.53 Å². The smallest absolute Gasteiger partial charge is 0.320 e. The summed E-state index contributed by atoms with van der Waals surface area (Å²) in [6, 6.07) is 0. The molecule has 0 saturated carbocycles. The van der Waals surface area contributed by atoms with E-state index in [0.717, 1.165) is 25.3 Å². The fraction of sp³-hybridized carbons (Fsp3) is 0.750. The van der Waals surface area contributed by atoms with E-state index in [2.05, 4.69) is 17.0 Å². The number of aromatic nitrogens is 3. The highest BCUT2D eigenvalue weighted by Gasteiger charge is 2.13. The van der Waals surface area contributed by atoms with Gasteiger partial charge in [0.2, 0.25) is 0 Å². The number of carbonyl (C=O) groups is 1. The Bertz CT molecular complexity index is 365. The molecular formula is C12H22N4O2. The predicted molar refractivity (Wildman–Crippen MR) is 67.9 cm³/mol. The highest BCUT2D eigenvalue weighted by molar-refractivity contribution is 5.71. The molecule has 102 valence electrons. The predicted octanol–water partition coefficient (Wildman–Crippen LogP) is 1.07. The molecule has 1 rings (SSSR count). The van der Waals surface area contributed by atoms with Crippen LogP contribution in [-0.2, 0) is 22.6 Å². The van der Waals surface area contributed by atoms with Gasteiger partial charge in [0.1, 0.15) is 12.2 Å². The molecule has 0 bridgehead atoms. The van der Waals surface area contributed by atoms with Gasteiger partial charge in [-0.15, -0.1) is 0 Å². The molecule has 0 unspecified atom stereocenters. The van der Waals surface area contributed by atoms with E-state index in [1.54, 1.807) is 6.33 Å². The van der Waals surface area contributed by atoms with Gasteiger partial charge in [-0.05, 0) is 19.9 Å². The van der Waals surface area contributed by atoms with Crippen LogP contribution in [-0.4, -0.2) is 45.3 Å². The average molecular weight is 254 g/mol. The molecule has 0 N–H and O–H groups in total. The number of hydrogen-bond acceptors (Lipinski definition) is 5. The van der Waals surface area contributed by atoms with E-state index in [9.17, 15) is 4.79 Å². The van der Waals surface area contributed by atoms with Crippen molar-refractivity contribution in [2.75, 3.05) is 19.7 Å². The number of esters is 1. The molecule has 0 aliphatic rings. The molecule has 1 aromatic heterocycles. The van der Waals surface area contributed by atoms with E-state index in [-0.39, 0.29) is 5.97 Å². The SMILES string of the molecule is CCCn1ncnc1CN(CC)CC(=O)OCC. The molecular weight excluding hydrogens is 232 g/mol. The quantitative estimate of drug-likeness (QED) is 0.649. The zero-order chi connectivity index (χ0) is 13.4. The lowest BCUT2D eigenvalue weighted by Crippen LogP contribution is -2.31. The molecule has 0 aromatic carbocycles. The molecule has 0 atom stereocenters. The summed E-state index contributed by atoms with van der Waals surface area (Å²) in [6.45, 7) is 8.89. The molecule has 1 aromatic rings. The molecule has 1 heterocycles. The van der Waals surface area contributed by atoms with Gasteiger partial charge in [0.05, 0.1) is 19.7 Å². The summed E-state index contributed by atoms with van der Waals surface area (Å²) in [5, 5.41) is 4.17. The lowest BCUT2D eigenvalue weighted by Gasteiger charge is -2.18. The van der Waals surface area contributed by atoms with E-state index in [0.29, 0.717) is 19.7 Å². The third kappa shape index (κ3) is 4.44. The van der Waals surface area contributed by atoms with Crippen LogP contribution in [0, 0.1) is 0 Å². The van der Waals surface area contributed by atoms with Crippen LogP contribution in [0.15, 0.2) is 6.33 Å². The van der Waals surface area contributed by atoms with Crippen molar-refractivity contribution in [3.05, 3.63) is 12.2 Å². The van der Waals surface area contributed by atoms with Crippen molar-refractivity contribution >= 4 is 5.97 Å². The average Bonchev–Trinajstić information content (AvgIpc) is 2.76. The normalized spacial score (nSPS) is 10.9. The summed E-state index contributed by atoms with van der Waals surface area (Å²) >= 11 is 0. The Morgan fingerprint density at radius 2 is 2.22 bits per heavy atom. The lowest BCUT2D eigenvalue weighted by molar-refractivity contribution is -0.144. The van der Waals surface area contributed by atoms with Crippen LogP contribution in [0.2, 0.25) is 0 Å². The maximum Gasteiger partial charge on any atom is 0.320 e. The molecule has 0 spiro atoms. The largest absolute Gasteiger partial charge is 0.465 e.